The van der Waals surface area contributed by atoms with E-state index < -0.39 is 0 Å². The van der Waals surface area contributed by atoms with E-state index in [1.165, 1.54) is 0 Å². The van der Waals surface area contributed by atoms with Crippen LogP contribution in [0.25, 0.3) is 5.69 Å². The van der Waals surface area contributed by atoms with Crippen LogP contribution in [-0.2, 0) is 6.61 Å². The first-order chi connectivity index (χ1) is 9.42. The molecule has 1 aromatic heterocycles. The zero-order valence-corrected chi connectivity index (χ0v) is 10.4. The van der Waals surface area contributed by atoms with E-state index in [2.05, 4.69) is 5.10 Å². The van der Waals surface area contributed by atoms with Gasteiger partial charge in [0.1, 0.15) is 18.1 Å². The Labute approximate surface area is 112 Å². The third-order valence-electron chi connectivity index (χ3n) is 2.79. The van der Waals surface area contributed by atoms with Crippen LogP contribution in [0, 0.1) is 0 Å². The molecule has 0 N–H and O–H groups in total. The van der Waals surface area contributed by atoms with Crippen LogP contribution in [0.5, 0.6) is 5.75 Å². The Hall–Kier alpha value is -2.55. The molecule has 0 aliphatic rings. The lowest BCUT2D eigenvalue weighted by molar-refractivity contribution is 0.300. The second-order valence-corrected chi connectivity index (χ2v) is 4.19. The highest BCUT2D eigenvalue weighted by Gasteiger charge is 2.01. The van der Waals surface area contributed by atoms with Gasteiger partial charge >= 0.3 is 0 Å². The summed E-state index contributed by atoms with van der Waals surface area (Å²) < 4.78 is 7.52. The lowest BCUT2D eigenvalue weighted by atomic mass is 10.3. The second-order valence-electron chi connectivity index (χ2n) is 4.19. The molecule has 0 saturated carbocycles. The Morgan fingerprint density at radius 1 is 0.842 bits per heavy atom. The molecule has 94 valence electrons. The van der Waals surface area contributed by atoms with Gasteiger partial charge in [-0.2, -0.15) is 5.10 Å². The highest BCUT2D eigenvalue weighted by atomic mass is 16.5. The Morgan fingerprint density at radius 2 is 1.53 bits per heavy atom. The van der Waals surface area contributed by atoms with Gasteiger partial charge in [0.25, 0.3) is 0 Å². The molecule has 0 radical (unpaired) electrons. The SMILES string of the molecule is c1ccc(OCc2ccn(-c3ccccc3)n2)cc1. The molecule has 3 nitrogen and oxygen atoms in total. The van der Waals surface area contributed by atoms with Crippen molar-refractivity contribution in [2.45, 2.75) is 6.61 Å². The van der Waals surface area contributed by atoms with Crippen molar-refractivity contribution in [2.24, 2.45) is 0 Å². The van der Waals surface area contributed by atoms with Gasteiger partial charge in [0.05, 0.1) is 5.69 Å². The Morgan fingerprint density at radius 3 is 2.26 bits per heavy atom. The largest absolute Gasteiger partial charge is 0.487 e. The highest BCUT2D eigenvalue weighted by molar-refractivity contribution is 5.30. The lowest BCUT2D eigenvalue weighted by Crippen LogP contribution is -1.99. The minimum absolute atomic E-state index is 0.476. The molecule has 0 unspecified atom stereocenters. The number of rotatable bonds is 4. The van der Waals surface area contributed by atoms with Gasteiger partial charge in [-0.05, 0) is 30.3 Å². The Bertz CT molecular complexity index is 632. The quantitative estimate of drug-likeness (QED) is 0.709. The monoisotopic (exact) mass is 250 g/mol. The van der Waals surface area contributed by atoms with Crippen molar-refractivity contribution in [1.29, 1.82) is 0 Å². The maximum absolute atomic E-state index is 5.67. The van der Waals surface area contributed by atoms with Gasteiger partial charge < -0.3 is 4.74 Å². The zero-order chi connectivity index (χ0) is 12.9. The summed E-state index contributed by atoms with van der Waals surface area (Å²) in [4.78, 5) is 0. The van der Waals surface area contributed by atoms with Crippen molar-refractivity contribution in [2.75, 3.05) is 0 Å². The van der Waals surface area contributed by atoms with Crippen LogP contribution < -0.4 is 4.74 Å². The van der Waals surface area contributed by atoms with Gasteiger partial charge in [0, 0.05) is 6.20 Å². The molecular formula is C16H14N2O. The van der Waals surface area contributed by atoms with E-state index in [0.29, 0.717) is 6.61 Å². The standard InChI is InChI=1S/C16H14N2O/c1-3-7-15(8-4-1)18-12-11-14(17-18)13-19-16-9-5-2-6-10-16/h1-12H,13H2. The van der Waals surface area contributed by atoms with Gasteiger partial charge in [0.15, 0.2) is 0 Å². The summed E-state index contributed by atoms with van der Waals surface area (Å²) >= 11 is 0. The van der Waals surface area contributed by atoms with Crippen molar-refractivity contribution in [1.82, 2.24) is 9.78 Å². The molecule has 1 heterocycles. The summed E-state index contributed by atoms with van der Waals surface area (Å²) in [6.45, 7) is 0.476. The first-order valence-electron chi connectivity index (χ1n) is 6.20. The van der Waals surface area contributed by atoms with Crippen LogP contribution in [0.2, 0.25) is 0 Å². The molecule has 19 heavy (non-hydrogen) atoms. The highest BCUT2D eigenvalue weighted by Crippen LogP contribution is 2.12. The van der Waals surface area contributed by atoms with E-state index in [1.807, 2.05) is 77.6 Å². The predicted octanol–water partition coefficient (Wildman–Crippen LogP) is 3.45. The number of aromatic nitrogens is 2. The van der Waals surface area contributed by atoms with Crippen molar-refractivity contribution in [3.8, 4) is 11.4 Å². The fourth-order valence-corrected chi connectivity index (χ4v) is 1.84. The number of benzene rings is 2. The summed E-state index contributed by atoms with van der Waals surface area (Å²) in [5.74, 6) is 0.858. The topological polar surface area (TPSA) is 27.1 Å². The fraction of sp³-hybridized carbons (Fsp3) is 0.0625. The first-order valence-corrected chi connectivity index (χ1v) is 6.20. The van der Waals surface area contributed by atoms with Crippen LogP contribution in [0.3, 0.4) is 0 Å². The third kappa shape index (κ3) is 2.83. The molecule has 3 aromatic rings. The van der Waals surface area contributed by atoms with E-state index in [0.717, 1.165) is 17.1 Å². The molecule has 0 fully saturated rings. The summed E-state index contributed by atoms with van der Waals surface area (Å²) in [6, 6.07) is 21.8. The van der Waals surface area contributed by atoms with E-state index in [1.54, 1.807) is 0 Å². The lowest BCUT2D eigenvalue weighted by Gasteiger charge is -2.03. The zero-order valence-electron chi connectivity index (χ0n) is 10.4. The van der Waals surface area contributed by atoms with Gasteiger partial charge in [-0.3, -0.25) is 0 Å². The number of nitrogens with zero attached hydrogens (tertiary/aromatic N) is 2. The van der Waals surface area contributed by atoms with Crippen LogP contribution in [0.1, 0.15) is 5.69 Å². The minimum atomic E-state index is 0.476. The van der Waals surface area contributed by atoms with Crippen molar-refractivity contribution in [3.63, 3.8) is 0 Å². The molecule has 2 aromatic carbocycles. The molecule has 0 aliphatic carbocycles. The van der Waals surface area contributed by atoms with Crippen LogP contribution >= 0.6 is 0 Å². The molecule has 0 saturated heterocycles. The van der Waals surface area contributed by atoms with Crippen molar-refractivity contribution < 1.29 is 4.74 Å². The minimum Gasteiger partial charge on any atom is -0.487 e. The third-order valence-corrected chi connectivity index (χ3v) is 2.79. The fourth-order valence-electron chi connectivity index (χ4n) is 1.84. The van der Waals surface area contributed by atoms with Crippen LogP contribution in [0.15, 0.2) is 72.9 Å². The summed E-state index contributed by atoms with van der Waals surface area (Å²) in [7, 11) is 0. The van der Waals surface area contributed by atoms with E-state index >= 15 is 0 Å². The molecule has 0 aliphatic heterocycles. The molecular weight excluding hydrogens is 236 g/mol. The van der Waals surface area contributed by atoms with Crippen molar-refractivity contribution >= 4 is 0 Å². The average molecular weight is 250 g/mol. The Kier molecular flexibility index (Phi) is 3.28. The summed E-state index contributed by atoms with van der Waals surface area (Å²) in [6.07, 6.45) is 1.94. The number of para-hydroxylation sites is 2. The van der Waals surface area contributed by atoms with Gasteiger partial charge in [-0.1, -0.05) is 36.4 Å². The van der Waals surface area contributed by atoms with Crippen molar-refractivity contribution in [3.05, 3.63) is 78.6 Å². The van der Waals surface area contributed by atoms with Gasteiger partial charge in [0.2, 0.25) is 0 Å². The molecule has 3 heteroatoms. The van der Waals surface area contributed by atoms with E-state index in [4.69, 9.17) is 4.74 Å². The molecule has 0 spiro atoms. The first kappa shape index (κ1) is 11.5. The van der Waals surface area contributed by atoms with E-state index in [-0.39, 0.29) is 0 Å². The number of ether oxygens (including phenoxy) is 1. The second kappa shape index (κ2) is 5.40. The van der Waals surface area contributed by atoms with Crippen LogP contribution in [0.4, 0.5) is 0 Å². The van der Waals surface area contributed by atoms with Gasteiger partial charge in [-0.25, -0.2) is 4.68 Å². The van der Waals surface area contributed by atoms with E-state index in [9.17, 15) is 0 Å². The van der Waals surface area contributed by atoms with Gasteiger partial charge in [-0.15, -0.1) is 0 Å². The normalized spacial score (nSPS) is 10.3. The maximum atomic E-state index is 5.67. The molecule has 3 rings (SSSR count). The molecule has 0 bridgehead atoms. The summed E-state index contributed by atoms with van der Waals surface area (Å²) in [5.41, 5.74) is 1.96. The summed E-state index contributed by atoms with van der Waals surface area (Å²) in [5, 5.41) is 4.49. The Balaban J connectivity index is 1.69. The van der Waals surface area contributed by atoms with Crippen LogP contribution in [-0.4, -0.2) is 9.78 Å². The number of hydrogen-bond donors (Lipinski definition) is 0. The predicted molar refractivity (Wildman–Crippen MR) is 74.3 cm³/mol. The maximum Gasteiger partial charge on any atom is 0.132 e. The number of hydrogen-bond acceptors (Lipinski definition) is 2. The molecule has 0 amide bonds. The average Bonchev–Trinajstić information content (AvgIpc) is 2.96. The molecule has 0 atom stereocenters. The smallest absolute Gasteiger partial charge is 0.132 e.